The van der Waals surface area contributed by atoms with Crippen LogP contribution in [0.25, 0.3) is 0 Å². The molecule has 0 radical (unpaired) electrons. The van der Waals surface area contributed by atoms with Gasteiger partial charge in [-0.05, 0) is 23.8 Å². The molecule has 0 atom stereocenters. The first kappa shape index (κ1) is 17.5. The first-order valence-electron chi connectivity index (χ1n) is 8.42. The molecule has 0 saturated carbocycles. The van der Waals surface area contributed by atoms with Crippen LogP contribution in [0.2, 0.25) is 0 Å². The van der Waals surface area contributed by atoms with Crippen LogP contribution in [-0.2, 0) is 11.2 Å². The molecule has 2 amide bonds. The van der Waals surface area contributed by atoms with Crippen molar-refractivity contribution < 1.29 is 14.7 Å². The van der Waals surface area contributed by atoms with Gasteiger partial charge < -0.3 is 14.9 Å². The van der Waals surface area contributed by atoms with E-state index in [1.54, 1.807) is 9.80 Å². The molecular weight excluding hydrogens is 330 g/mol. The maximum Gasteiger partial charge on any atom is 0.254 e. The summed E-state index contributed by atoms with van der Waals surface area (Å²) in [6.45, 7) is 1.86. The van der Waals surface area contributed by atoms with Crippen molar-refractivity contribution >= 4 is 11.8 Å². The van der Waals surface area contributed by atoms with Crippen LogP contribution in [0.1, 0.15) is 21.5 Å². The maximum atomic E-state index is 12.5. The summed E-state index contributed by atoms with van der Waals surface area (Å²) in [4.78, 5) is 28.4. The highest BCUT2D eigenvalue weighted by Crippen LogP contribution is 2.19. The van der Waals surface area contributed by atoms with Crippen molar-refractivity contribution in [1.29, 1.82) is 5.26 Å². The molecule has 0 unspecified atom stereocenters. The van der Waals surface area contributed by atoms with Gasteiger partial charge in [-0.1, -0.05) is 30.3 Å². The van der Waals surface area contributed by atoms with E-state index in [-0.39, 0.29) is 23.1 Å². The minimum absolute atomic E-state index is 0.0549. The van der Waals surface area contributed by atoms with Gasteiger partial charge in [0.2, 0.25) is 5.91 Å². The van der Waals surface area contributed by atoms with Gasteiger partial charge in [0.1, 0.15) is 11.8 Å². The fourth-order valence-electron chi connectivity index (χ4n) is 2.98. The molecule has 0 spiro atoms. The van der Waals surface area contributed by atoms with Gasteiger partial charge in [-0.15, -0.1) is 0 Å². The molecule has 2 aromatic carbocycles. The molecule has 1 N–H and O–H groups in total. The van der Waals surface area contributed by atoms with Gasteiger partial charge >= 0.3 is 0 Å². The number of carbonyl (C=O) groups excluding carboxylic acids is 2. The van der Waals surface area contributed by atoms with E-state index in [2.05, 4.69) is 0 Å². The van der Waals surface area contributed by atoms with Gasteiger partial charge in [0.25, 0.3) is 5.91 Å². The number of hydrogen-bond donors (Lipinski definition) is 1. The molecule has 1 saturated heterocycles. The Hall–Kier alpha value is -3.33. The molecule has 1 aliphatic rings. The van der Waals surface area contributed by atoms with E-state index in [0.29, 0.717) is 38.2 Å². The molecule has 0 aromatic heterocycles. The van der Waals surface area contributed by atoms with Crippen molar-refractivity contribution in [3.63, 3.8) is 0 Å². The lowest BCUT2D eigenvalue weighted by atomic mass is 10.1. The van der Waals surface area contributed by atoms with Gasteiger partial charge in [0, 0.05) is 31.7 Å². The van der Waals surface area contributed by atoms with E-state index >= 15 is 0 Å². The number of piperazine rings is 1. The summed E-state index contributed by atoms with van der Waals surface area (Å²) < 4.78 is 0. The molecule has 3 rings (SSSR count). The highest BCUT2D eigenvalue weighted by molar-refractivity contribution is 5.95. The van der Waals surface area contributed by atoms with Crippen molar-refractivity contribution in [2.24, 2.45) is 0 Å². The second kappa shape index (κ2) is 7.70. The lowest BCUT2D eigenvalue weighted by Gasteiger charge is -2.35. The fraction of sp³-hybridized carbons (Fsp3) is 0.250. The van der Waals surface area contributed by atoms with E-state index in [0.717, 1.165) is 5.56 Å². The Morgan fingerprint density at radius 1 is 1.00 bits per heavy atom. The Bertz CT molecular complexity index is 850. The number of phenolic OH excluding ortho intramolecular Hbond substituents is 1. The third-order valence-electron chi connectivity index (χ3n) is 4.48. The minimum Gasteiger partial charge on any atom is -0.507 e. The van der Waals surface area contributed by atoms with Gasteiger partial charge in [-0.3, -0.25) is 9.59 Å². The standard InChI is InChI=1S/C20H19N3O3/c21-14-17-7-6-16(13-18(17)24)20(26)23-10-8-22(9-11-23)19(25)12-15-4-2-1-3-5-15/h1-7,13,24H,8-12H2. The van der Waals surface area contributed by atoms with Gasteiger partial charge in [0.05, 0.1) is 12.0 Å². The molecule has 6 nitrogen and oxygen atoms in total. The van der Waals surface area contributed by atoms with E-state index < -0.39 is 0 Å². The van der Waals surface area contributed by atoms with E-state index in [9.17, 15) is 14.7 Å². The molecule has 26 heavy (non-hydrogen) atoms. The zero-order valence-corrected chi connectivity index (χ0v) is 14.3. The summed E-state index contributed by atoms with van der Waals surface area (Å²) in [5.74, 6) is -0.353. The Morgan fingerprint density at radius 2 is 1.65 bits per heavy atom. The summed E-state index contributed by atoms with van der Waals surface area (Å²) in [5, 5.41) is 18.6. The number of hydrogen-bond acceptors (Lipinski definition) is 4. The monoisotopic (exact) mass is 349 g/mol. The smallest absolute Gasteiger partial charge is 0.254 e. The summed E-state index contributed by atoms with van der Waals surface area (Å²) in [7, 11) is 0. The average Bonchev–Trinajstić information content (AvgIpc) is 2.68. The summed E-state index contributed by atoms with van der Waals surface area (Å²) in [6.07, 6.45) is 0.359. The summed E-state index contributed by atoms with van der Waals surface area (Å²) in [5.41, 5.74) is 1.45. The second-order valence-electron chi connectivity index (χ2n) is 6.18. The maximum absolute atomic E-state index is 12.5. The first-order chi connectivity index (χ1) is 12.6. The minimum atomic E-state index is -0.208. The SMILES string of the molecule is N#Cc1ccc(C(=O)N2CCN(C(=O)Cc3ccccc3)CC2)cc1O. The van der Waals surface area contributed by atoms with Crippen molar-refractivity contribution in [3.8, 4) is 11.8 Å². The van der Waals surface area contributed by atoms with Crippen molar-refractivity contribution in [3.05, 3.63) is 65.2 Å². The topological polar surface area (TPSA) is 84.6 Å². The molecule has 0 aliphatic carbocycles. The van der Waals surface area contributed by atoms with Crippen LogP contribution in [0.15, 0.2) is 48.5 Å². The Balaban J connectivity index is 1.58. The van der Waals surface area contributed by atoms with Crippen LogP contribution < -0.4 is 0 Å². The molecule has 1 heterocycles. The lowest BCUT2D eigenvalue weighted by Crippen LogP contribution is -2.51. The number of nitrogens with zero attached hydrogens (tertiary/aromatic N) is 3. The van der Waals surface area contributed by atoms with Crippen molar-refractivity contribution in [2.75, 3.05) is 26.2 Å². The first-order valence-corrected chi connectivity index (χ1v) is 8.42. The second-order valence-corrected chi connectivity index (χ2v) is 6.18. The number of nitriles is 1. The van der Waals surface area contributed by atoms with Crippen LogP contribution in [0, 0.1) is 11.3 Å². The Labute approximate surface area is 151 Å². The fourth-order valence-corrected chi connectivity index (χ4v) is 2.98. The number of phenols is 1. The van der Waals surface area contributed by atoms with Crippen LogP contribution in [0.3, 0.4) is 0 Å². The summed E-state index contributed by atoms with van der Waals surface area (Å²) in [6, 6.07) is 15.7. The predicted molar refractivity (Wildman–Crippen MR) is 95.5 cm³/mol. The Kier molecular flexibility index (Phi) is 5.18. The molecule has 132 valence electrons. The lowest BCUT2D eigenvalue weighted by molar-refractivity contribution is -0.131. The largest absolute Gasteiger partial charge is 0.507 e. The van der Waals surface area contributed by atoms with E-state index in [1.165, 1.54) is 18.2 Å². The van der Waals surface area contributed by atoms with Crippen LogP contribution in [-0.4, -0.2) is 52.9 Å². The van der Waals surface area contributed by atoms with E-state index in [1.807, 2.05) is 36.4 Å². The predicted octanol–water partition coefficient (Wildman–Crippen LogP) is 1.79. The van der Waals surface area contributed by atoms with Gasteiger partial charge in [-0.2, -0.15) is 5.26 Å². The quantitative estimate of drug-likeness (QED) is 0.915. The zero-order chi connectivity index (χ0) is 18.5. The molecule has 1 aliphatic heterocycles. The van der Waals surface area contributed by atoms with E-state index in [4.69, 9.17) is 5.26 Å². The number of aromatic hydroxyl groups is 1. The van der Waals surface area contributed by atoms with Crippen molar-refractivity contribution in [1.82, 2.24) is 9.80 Å². The third-order valence-corrected chi connectivity index (χ3v) is 4.48. The average molecular weight is 349 g/mol. The van der Waals surface area contributed by atoms with Crippen LogP contribution >= 0.6 is 0 Å². The Morgan fingerprint density at radius 3 is 2.27 bits per heavy atom. The number of amides is 2. The number of rotatable bonds is 3. The van der Waals surface area contributed by atoms with Crippen LogP contribution in [0.5, 0.6) is 5.75 Å². The van der Waals surface area contributed by atoms with Crippen molar-refractivity contribution in [2.45, 2.75) is 6.42 Å². The zero-order valence-electron chi connectivity index (χ0n) is 14.3. The third kappa shape index (κ3) is 3.83. The van der Waals surface area contributed by atoms with Gasteiger partial charge in [0.15, 0.2) is 0 Å². The highest BCUT2D eigenvalue weighted by Gasteiger charge is 2.25. The number of benzene rings is 2. The molecular formula is C20H19N3O3. The molecule has 0 bridgehead atoms. The van der Waals surface area contributed by atoms with Crippen LogP contribution in [0.4, 0.5) is 0 Å². The molecule has 6 heteroatoms. The highest BCUT2D eigenvalue weighted by atomic mass is 16.3. The molecule has 1 fully saturated rings. The summed E-state index contributed by atoms with van der Waals surface area (Å²) >= 11 is 0. The molecule has 2 aromatic rings. The number of carbonyl (C=O) groups is 2. The van der Waals surface area contributed by atoms with Gasteiger partial charge in [-0.25, -0.2) is 0 Å². The normalized spacial score (nSPS) is 14.0.